The molecule has 0 aliphatic rings. The highest BCUT2D eigenvalue weighted by Crippen LogP contribution is 2.30. The Kier molecular flexibility index (Phi) is 2.82. The number of benzene rings is 1. The second-order valence-corrected chi connectivity index (χ2v) is 3.64. The minimum Gasteiger partial charge on any atom is -0.504 e. The van der Waals surface area contributed by atoms with Crippen molar-refractivity contribution in [2.75, 3.05) is 12.8 Å². The van der Waals surface area contributed by atoms with Crippen LogP contribution in [-0.2, 0) is 0 Å². The first-order valence-corrected chi connectivity index (χ1v) is 5.08. The van der Waals surface area contributed by atoms with Crippen LogP contribution in [0, 0.1) is 6.92 Å². The number of rotatable bonds is 2. The number of ether oxygens (including phenoxy) is 1. The van der Waals surface area contributed by atoms with E-state index in [0.29, 0.717) is 17.4 Å². The zero-order valence-electron chi connectivity index (χ0n) is 9.64. The first kappa shape index (κ1) is 11.2. The quantitative estimate of drug-likeness (QED) is 0.822. The summed E-state index contributed by atoms with van der Waals surface area (Å²) >= 11 is 0. The third kappa shape index (κ3) is 2.28. The molecule has 0 radical (unpaired) electrons. The van der Waals surface area contributed by atoms with Gasteiger partial charge in [-0.05, 0) is 25.1 Å². The molecule has 1 heterocycles. The number of nitrogen functional groups attached to an aromatic ring is 1. The third-order valence-electron chi connectivity index (χ3n) is 2.31. The van der Waals surface area contributed by atoms with Gasteiger partial charge in [-0.3, -0.25) is 0 Å². The van der Waals surface area contributed by atoms with Crippen LogP contribution in [0.25, 0.3) is 11.4 Å². The maximum atomic E-state index is 9.50. The predicted molar refractivity (Wildman–Crippen MR) is 64.8 cm³/mol. The number of phenols is 1. The van der Waals surface area contributed by atoms with Gasteiger partial charge in [0.15, 0.2) is 17.3 Å². The lowest BCUT2D eigenvalue weighted by Gasteiger charge is -2.06. The minimum atomic E-state index is 0.0804. The molecule has 5 heteroatoms. The molecule has 0 amide bonds. The summed E-state index contributed by atoms with van der Waals surface area (Å²) in [7, 11) is 1.49. The summed E-state index contributed by atoms with van der Waals surface area (Å²) in [4.78, 5) is 8.42. The van der Waals surface area contributed by atoms with E-state index in [1.165, 1.54) is 13.2 Å². The van der Waals surface area contributed by atoms with Crippen LogP contribution in [0.3, 0.4) is 0 Å². The zero-order valence-corrected chi connectivity index (χ0v) is 9.64. The lowest BCUT2D eigenvalue weighted by molar-refractivity contribution is 0.373. The van der Waals surface area contributed by atoms with Crippen LogP contribution < -0.4 is 10.5 Å². The molecule has 0 saturated heterocycles. The smallest absolute Gasteiger partial charge is 0.161 e. The van der Waals surface area contributed by atoms with Crippen molar-refractivity contribution >= 4 is 5.82 Å². The minimum absolute atomic E-state index is 0.0804. The Hall–Kier alpha value is -2.30. The Morgan fingerprint density at radius 3 is 2.65 bits per heavy atom. The number of aryl methyl sites for hydroxylation is 1. The molecule has 1 aromatic heterocycles. The van der Waals surface area contributed by atoms with Gasteiger partial charge in [0.05, 0.1) is 7.11 Å². The number of methoxy groups -OCH3 is 1. The van der Waals surface area contributed by atoms with Crippen molar-refractivity contribution in [3.8, 4) is 22.9 Å². The topological polar surface area (TPSA) is 81.3 Å². The number of hydrogen-bond acceptors (Lipinski definition) is 5. The van der Waals surface area contributed by atoms with E-state index in [4.69, 9.17) is 10.5 Å². The maximum Gasteiger partial charge on any atom is 0.161 e. The van der Waals surface area contributed by atoms with Crippen molar-refractivity contribution in [1.82, 2.24) is 9.97 Å². The average molecular weight is 231 g/mol. The van der Waals surface area contributed by atoms with Crippen LogP contribution in [-0.4, -0.2) is 22.2 Å². The van der Waals surface area contributed by atoms with Crippen molar-refractivity contribution < 1.29 is 9.84 Å². The normalized spacial score (nSPS) is 10.2. The van der Waals surface area contributed by atoms with Gasteiger partial charge in [-0.25, -0.2) is 9.97 Å². The van der Waals surface area contributed by atoms with Gasteiger partial charge in [0.25, 0.3) is 0 Å². The summed E-state index contributed by atoms with van der Waals surface area (Å²) in [6.07, 6.45) is 0. The molecule has 17 heavy (non-hydrogen) atoms. The Morgan fingerprint density at radius 1 is 1.24 bits per heavy atom. The highest BCUT2D eigenvalue weighted by atomic mass is 16.5. The zero-order chi connectivity index (χ0) is 12.4. The van der Waals surface area contributed by atoms with Gasteiger partial charge < -0.3 is 15.6 Å². The van der Waals surface area contributed by atoms with Gasteiger partial charge in [0.2, 0.25) is 0 Å². The van der Waals surface area contributed by atoms with E-state index in [2.05, 4.69) is 9.97 Å². The van der Waals surface area contributed by atoms with E-state index < -0.39 is 0 Å². The number of anilines is 1. The standard InChI is InChI=1S/C12H13N3O2/c1-7-5-11(13)15-12(14-7)8-3-4-9(16)10(6-8)17-2/h3-6,16H,1-2H3,(H2,13,14,15). The summed E-state index contributed by atoms with van der Waals surface area (Å²) in [6.45, 7) is 1.85. The fourth-order valence-corrected chi connectivity index (χ4v) is 1.54. The summed E-state index contributed by atoms with van der Waals surface area (Å²) < 4.78 is 5.03. The molecule has 5 nitrogen and oxygen atoms in total. The molecular formula is C12H13N3O2. The summed E-state index contributed by atoms with van der Waals surface area (Å²) in [6, 6.07) is 6.62. The molecule has 0 aliphatic heterocycles. The van der Waals surface area contributed by atoms with Gasteiger partial charge in [-0.2, -0.15) is 0 Å². The molecule has 0 atom stereocenters. The summed E-state index contributed by atoms with van der Waals surface area (Å²) in [5.74, 6) is 1.39. The fraction of sp³-hybridized carbons (Fsp3) is 0.167. The Bertz CT molecular complexity index is 535. The van der Waals surface area contributed by atoms with Crippen LogP contribution in [0.4, 0.5) is 5.82 Å². The molecule has 0 fully saturated rings. The summed E-state index contributed by atoms with van der Waals surface area (Å²) in [5.41, 5.74) is 7.20. The lowest BCUT2D eigenvalue weighted by atomic mass is 10.2. The Labute approximate surface area is 98.9 Å². The van der Waals surface area contributed by atoms with E-state index in [0.717, 1.165) is 11.3 Å². The number of aromatic hydroxyl groups is 1. The number of hydrogen-bond donors (Lipinski definition) is 2. The highest BCUT2D eigenvalue weighted by molar-refractivity contribution is 5.62. The molecule has 88 valence electrons. The average Bonchev–Trinajstić information content (AvgIpc) is 2.28. The Balaban J connectivity index is 2.52. The predicted octanol–water partition coefficient (Wildman–Crippen LogP) is 1.75. The third-order valence-corrected chi connectivity index (χ3v) is 2.31. The monoisotopic (exact) mass is 231 g/mol. The van der Waals surface area contributed by atoms with Crippen LogP contribution in [0.15, 0.2) is 24.3 Å². The van der Waals surface area contributed by atoms with Crippen molar-refractivity contribution in [3.63, 3.8) is 0 Å². The second-order valence-electron chi connectivity index (χ2n) is 3.64. The second kappa shape index (κ2) is 4.29. The van der Waals surface area contributed by atoms with E-state index in [1.807, 2.05) is 6.92 Å². The molecular weight excluding hydrogens is 218 g/mol. The van der Waals surface area contributed by atoms with E-state index in [-0.39, 0.29) is 5.75 Å². The van der Waals surface area contributed by atoms with Crippen LogP contribution in [0.5, 0.6) is 11.5 Å². The summed E-state index contributed by atoms with van der Waals surface area (Å²) in [5, 5.41) is 9.50. The van der Waals surface area contributed by atoms with E-state index in [1.54, 1.807) is 18.2 Å². The fourth-order valence-electron chi connectivity index (χ4n) is 1.54. The first-order chi connectivity index (χ1) is 8.10. The van der Waals surface area contributed by atoms with Crippen molar-refractivity contribution in [2.24, 2.45) is 0 Å². The highest BCUT2D eigenvalue weighted by Gasteiger charge is 2.07. The molecule has 0 spiro atoms. The molecule has 1 aromatic carbocycles. The number of aromatic nitrogens is 2. The molecule has 2 aromatic rings. The van der Waals surface area contributed by atoms with Crippen LogP contribution in [0.2, 0.25) is 0 Å². The van der Waals surface area contributed by atoms with Gasteiger partial charge in [0, 0.05) is 17.3 Å². The molecule has 2 rings (SSSR count). The molecule has 0 bridgehead atoms. The van der Waals surface area contributed by atoms with E-state index >= 15 is 0 Å². The van der Waals surface area contributed by atoms with Crippen LogP contribution >= 0.6 is 0 Å². The van der Waals surface area contributed by atoms with Gasteiger partial charge in [-0.1, -0.05) is 0 Å². The largest absolute Gasteiger partial charge is 0.504 e. The van der Waals surface area contributed by atoms with Crippen LogP contribution in [0.1, 0.15) is 5.69 Å². The van der Waals surface area contributed by atoms with Gasteiger partial charge in [0.1, 0.15) is 5.82 Å². The molecule has 0 saturated carbocycles. The molecule has 0 aliphatic carbocycles. The van der Waals surface area contributed by atoms with Crippen molar-refractivity contribution in [2.45, 2.75) is 6.92 Å². The molecule has 3 N–H and O–H groups in total. The van der Waals surface area contributed by atoms with Gasteiger partial charge in [-0.15, -0.1) is 0 Å². The number of nitrogens with zero attached hydrogens (tertiary/aromatic N) is 2. The number of phenolic OH excluding ortho intramolecular Hbond substituents is 1. The van der Waals surface area contributed by atoms with E-state index in [9.17, 15) is 5.11 Å². The van der Waals surface area contributed by atoms with Gasteiger partial charge >= 0.3 is 0 Å². The maximum absolute atomic E-state index is 9.50. The van der Waals surface area contributed by atoms with Crippen molar-refractivity contribution in [3.05, 3.63) is 30.0 Å². The van der Waals surface area contributed by atoms with Crippen molar-refractivity contribution in [1.29, 1.82) is 0 Å². The SMILES string of the molecule is COc1cc(-c2nc(C)cc(N)n2)ccc1O. The first-order valence-electron chi connectivity index (χ1n) is 5.08. The molecule has 0 unspecified atom stereocenters. The Morgan fingerprint density at radius 2 is 2.00 bits per heavy atom. The lowest BCUT2D eigenvalue weighted by Crippen LogP contribution is -1.97. The number of nitrogens with two attached hydrogens (primary N) is 1.